The van der Waals surface area contributed by atoms with Gasteiger partial charge in [0.05, 0.1) is 14.9 Å². The molecule has 2 nitrogen and oxygen atoms in total. The monoisotopic (exact) mass is 525 g/mol. The quantitative estimate of drug-likeness (QED) is 0.270. The first-order valence-electron chi connectivity index (χ1n) is 12.1. The predicted molar refractivity (Wildman–Crippen MR) is 138 cm³/mol. The van der Waals surface area contributed by atoms with Gasteiger partial charge in [-0.2, -0.15) is 0 Å². The maximum atomic E-state index is 15.4. The Balaban J connectivity index is 2.76. The summed E-state index contributed by atoms with van der Waals surface area (Å²) in [6.45, 7) is 14.9. The van der Waals surface area contributed by atoms with Gasteiger partial charge in [-0.15, -0.1) is 0 Å². The van der Waals surface area contributed by atoms with Gasteiger partial charge in [0.25, 0.3) is 0 Å². The number of benzene rings is 1. The highest BCUT2D eigenvalue weighted by atomic mass is 79.9. The number of allylic oxidation sites excluding steroid dienone is 1. The molecule has 32 heavy (non-hydrogen) atoms. The Morgan fingerprint density at radius 2 is 1.97 bits per heavy atom. The third-order valence-electron chi connectivity index (χ3n) is 6.94. The zero-order valence-electron chi connectivity index (χ0n) is 20.3. The molecule has 1 N–H and O–H groups in total. The van der Waals surface area contributed by atoms with Crippen molar-refractivity contribution >= 4 is 39.0 Å². The molecule has 0 bridgehead atoms. The number of carbonyl (C=O) groups is 1. The van der Waals surface area contributed by atoms with E-state index in [0.717, 1.165) is 67.4 Å². The van der Waals surface area contributed by atoms with Crippen LogP contribution in [0.25, 0.3) is 5.57 Å². The fourth-order valence-electron chi connectivity index (χ4n) is 4.79. The van der Waals surface area contributed by atoms with Gasteiger partial charge in [-0.3, -0.25) is 4.79 Å². The molecule has 1 aromatic rings. The summed E-state index contributed by atoms with van der Waals surface area (Å²) in [4.78, 5) is 13.6. The zero-order valence-corrected chi connectivity index (χ0v) is 22.6. The second-order valence-electron chi connectivity index (χ2n) is 9.16. The van der Waals surface area contributed by atoms with E-state index >= 15 is 4.39 Å². The van der Waals surface area contributed by atoms with Crippen LogP contribution in [0.5, 0.6) is 0 Å². The van der Waals surface area contributed by atoms with Crippen molar-refractivity contribution in [2.45, 2.75) is 92.4 Å². The molecule has 0 saturated carbocycles. The molecule has 1 aromatic carbocycles. The van der Waals surface area contributed by atoms with E-state index in [4.69, 9.17) is 11.6 Å². The summed E-state index contributed by atoms with van der Waals surface area (Å²) in [7, 11) is 0. The molecule has 0 aliphatic carbocycles. The van der Waals surface area contributed by atoms with Crippen LogP contribution in [-0.2, 0) is 11.2 Å². The number of amides is 1. The maximum Gasteiger partial charge on any atom is 0.235 e. The summed E-state index contributed by atoms with van der Waals surface area (Å²) in [5, 5.41) is 3.50. The van der Waals surface area contributed by atoms with Crippen LogP contribution in [0.15, 0.2) is 28.4 Å². The molecule has 2 atom stereocenters. The van der Waals surface area contributed by atoms with E-state index < -0.39 is 5.41 Å². The Labute approximate surface area is 207 Å². The summed E-state index contributed by atoms with van der Waals surface area (Å²) in [5.74, 6) is 0.296. The lowest BCUT2D eigenvalue weighted by Crippen LogP contribution is -2.34. The van der Waals surface area contributed by atoms with Crippen LogP contribution in [0.1, 0.15) is 97.1 Å². The van der Waals surface area contributed by atoms with Gasteiger partial charge in [0.15, 0.2) is 0 Å². The van der Waals surface area contributed by atoms with Crippen LogP contribution in [0, 0.1) is 17.2 Å². The van der Waals surface area contributed by atoms with Crippen LogP contribution >= 0.6 is 27.5 Å². The Morgan fingerprint density at radius 3 is 2.53 bits per heavy atom. The average Bonchev–Trinajstić information content (AvgIpc) is 3.06. The highest BCUT2D eigenvalue weighted by molar-refractivity contribution is 9.10. The molecule has 5 heteroatoms. The molecule has 2 rings (SSSR count). The first-order valence-corrected chi connectivity index (χ1v) is 13.3. The summed E-state index contributed by atoms with van der Waals surface area (Å²) < 4.78 is 15.7. The van der Waals surface area contributed by atoms with Gasteiger partial charge in [0.2, 0.25) is 5.91 Å². The molecule has 0 radical (unpaired) electrons. The Hall–Kier alpha value is -1.13. The SMILES string of the molecule is C=C(CCC)C1=C(c2cc(Cl)c(Br)c(F)c2CCC)C(CC)(CCCC(C)CC)C(=O)N1. The van der Waals surface area contributed by atoms with Gasteiger partial charge >= 0.3 is 0 Å². The van der Waals surface area contributed by atoms with E-state index in [2.05, 4.69) is 55.5 Å². The molecule has 2 unspecified atom stereocenters. The minimum absolute atomic E-state index is 0.00769. The minimum atomic E-state index is -0.703. The van der Waals surface area contributed by atoms with Crippen LogP contribution < -0.4 is 5.32 Å². The molecule has 0 fully saturated rings. The number of hydrogen-bond donors (Lipinski definition) is 1. The average molecular weight is 527 g/mol. The molecular formula is C27H38BrClFNO. The summed E-state index contributed by atoms with van der Waals surface area (Å²) in [6.07, 6.45) is 7.61. The van der Waals surface area contributed by atoms with Gasteiger partial charge in [0, 0.05) is 5.70 Å². The maximum absolute atomic E-state index is 15.4. The van der Waals surface area contributed by atoms with Gasteiger partial charge in [-0.1, -0.05) is 84.9 Å². The van der Waals surface area contributed by atoms with Crippen molar-refractivity contribution in [2.24, 2.45) is 11.3 Å². The van der Waals surface area contributed by atoms with Gasteiger partial charge in [0.1, 0.15) is 5.82 Å². The van der Waals surface area contributed by atoms with E-state index in [9.17, 15) is 4.79 Å². The summed E-state index contributed by atoms with van der Waals surface area (Å²) >= 11 is 9.77. The normalized spacial score (nSPS) is 19.4. The van der Waals surface area contributed by atoms with E-state index in [1.165, 1.54) is 0 Å². The Morgan fingerprint density at radius 1 is 1.28 bits per heavy atom. The third-order valence-corrected chi connectivity index (χ3v) is 8.24. The minimum Gasteiger partial charge on any atom is -0.325 e. The summed E-state index contributed by atoms with van der Waals surface area (Å²) in [5.41, 5.74) is 3.24. The summed E-state index contributed by atoms with van der Waals surface area (Å²) in [6, 6.07) is 1.84. The van der Waals surface area contributed by atoms with Crippen molar-refractivity contribution in [3.8, 4) is 0 Å². The zero-order chi connectivity index (χ0) is 24.1. The number of hydrogen-bond acceptors (Lipinski definition) is 1. The van der Waals surface area contributed by atoms with Gasteiger partial charge < -0.3 is 5.32 Å². The van der Waals surface area contributed by atoms with Gasteiger partial charge in [-0.05, 0) is 75.9 Å². The molecule has 1 amide bonds. The fourth-order valence-corrected chi connectivity index (χ4v) is 5.34. The van der Waals surface area contributed by atoms with Gasteiger partial charge in [-0.25, -0.2) is 4.39 Å². The molecule has 0 aromatic heterocycles. The molecule has 0 spiro atoms. The smallest absolute Gasteiger partial charge is 0.235 e. The molecule has 1 aliphatic heterocycles. The molecule has 1 heterocycles. The standard InChI is InChI=1S/C27H38BrClFNO/c1-7-12-18(6)25-22(20-16-21(29)23(28)24(30)19(20)13-8-2)27(10-4,26(32)31-25)15-11-14-17(5)9-3/h16-17H,6-15H2,1-5H3,(H,31,32). The van der Waals surface area contributed by atoms with Crippen molar-refractivity contribution in [3.63, 3.8) is 0 Å². The Bertz CT molecular complexity index is 894. The van der Waals surface area contributed by atoms with Crippen molar-refractivity contribution in [1.82, 2.24) is 5.32 Å². The predicted octanol–water partition coefficient (Wildman–Crippen LogP) is 9.00. The van der Waals surface area contributed by atoms with E-state index in [1.807, 2.05) is 13.0 Å². The van der Waals surface area contributed by atoms with E-state index in [-0.39, 0.29) is 16.2 Å². The lowest BCUT2D eigenvalue weighted by atomic mass is 9.70. The lowest BCUT2D eigenvalue weighted by Gasteiger charge is -2.31. The topological polar surface area (TPSA) is 29.1 Å². The first kappa shape index (κ1) is 27.1. The van der Waals surface area contributed by atoms with Crippen molar-refractivity contribution in [1.29, 1.82) is 0 Å². The van der Waals surface area contributed by atoms with Crippen molar-refractivity contribution in [3.05, 3.63) is 50.4 Å². The number of rotatable bonds is 12. The van der Waals surface area contributed by atoms with E-state index in [1.54, 1.807) is 0 Å². The van der Waals surface area contributed by atoms with Crippen LogP contribution in [0.2, 0.25) is 5.02 Å². The molecule has 1 aliphatic rings. The Kier molecular flexibility index (Phi) is 10.0. The molecule has 178 valence electrons. The van der Waals surface area contributed by atoms with Crippen LogP contribution in [0.3, 0.4) is 0 Å². The highest BCUT2D eigenvalue weighted by Crippen LogP contribution is 2.52. The van der Waals surface area contributed by atoms with Crippen molar-refractivity contribution < 1.29 is 9.18 Å². The second kappa shape index (κ2) is 11.8. The van der Waals surface area contributed by atoms with Crippen LogP contribution in [0.4, 0.5) is 4.39 Å². The number of nitrogens with one attached hydrogen (secondary N) is 1. The van der Waals surface area contributed by atoms with E-state index in [0.29, 0.717) is 29.3 Å². The first-order chi connectivity index (χ1) is 15.2. The lowest BCUT2D eigenvalue weighted by molar-refractivity contribution is -0.126. The van der Waals surface area contributed by atoms with Crippen molar-refractivity contribution in [2.75, 3.05) is 0 Å². The number of carbonyl (C=O) groups excluding carboxylic acids is 1. The third kappa shape index (κ3) is 5.33. The molecule has 0 saturated heterocycles. The largest absolute Gasteiger partial charge is 0.325 e. The number of halogens is 3. The highest BCUT2D eigenvalue weighted by Gasteiger charge is 2.48. The van der Waals surface area contributed by atoms with Crippen LogP contribution in [-0.4, -0.2) is 5.91 Å². The fraction of sp³-hybridized carbons (Fsp3) is 0.593. The molecular weight excluding hydrogens is 489 g/mol. The second-order valence-corrected chi connectivity index (χ2v) is 10.4.